The second kappa shape index (κ2) is 7.23. The van der Waals surface area contributed by atoms with Gasteiger partial charge in [-0.2, -0.15) is 0 Å². The molecule has 0 radical (unpaired) electrons. The van der Waals surface area contributed by atoms with Crippen molar-refractivity contribution in [3.8, 4) is 0 Å². The number of carbonyl (C=O) groups is 2. The number of rotatable bonds is 7. The second-order valence-corrected chi connectivity index (χ2v) is 6.06. The highest BCUT2D eigenvalue weighted by Gasteiger charge is 2.15. The number of nitrogens with two attached hydrogens (primary N) is 1. The summed E-state index contributed by atoms with van der Waals surface area (Å²) in [6.45, 7) is 1.96. The number of sulfone groups is 1. The van der Waals surface area contributed by atoms with Gasteiger partial charge >= 0.3 is 0 Å². The summed E-state index contributed by atoms with van der Waals surface area (Å²) in [4.78, 5) is 21.9. The number of carbonyl (C=O) groups excluding carboxylic acids is 2. The fraction of sp³-hybridized carbons (Fsp3) is 0.778. The van der Waals surface area contributed by atoms with Gasteiger partial charge in [-0.1, -0.05) is 0 Å². The number of amides is 2. The standard InChI is InChI=1S/C9H19N3O4S/c1-7(13)11-4-5-12-9(14)8(10)3-6-17(2,15)16/h8H,3-6,10H2,1-2H3,(H,11,13)(H,12,14). The first-order valence-electron chi connectivity index (χ1n) is 5.18. The van der Waals surface area contributed by atoms with E-state index in [2.05, 4.69) is 10.6 Å². The van der Waals surface area contributed by atoms with Crippen molar-refractivity contribution in [1.82, 2.24) is 10.6 Å². The summed E-state index contributed by atoms with van der Waals surface area (Å²) in [5.41, 5.74) is 5.50. The molecule has 0 aliphatic rings. The first-order chi connectivity index (χ1) is 7.72. The largest absolute Gasteiger partial charge is 0.355 e. The smallest absolute Gasteiger partial charge is 0.237 e. The second-order valence-electron chi connectivity index (χ2n) is 3.80. The van der Waals surface area contributed by atoms with E-state index >= 15 is 0 Å². The van der Waals surface area contributed by atoms with Gasteiger partial charge in [-0.3, -0.25) is 9.59 Å². The van der Waals surface area contributed by atoms with Crippen molar-refractivity contribution in [3.63, 3.8) is 0 Å². The van der Waals surface area contributed by atoms with Crippen molar-refractivity contribution in [1.29, 1.82) is 0 Å². The Labute approximate surface area is 101 Å². The molecule has 0 spiro atoms. The molecule has 0 aliphatic heterocycles. The Morgan fingerprint density at radius 1 is 1.24 bits per heavy atom. The highest BCUT2D eigenvalue weighted by molar-refractivity contribution is 7.90. The van der Waals surface area contributed by atoms with E-state index < -0.39 is 21.8 Å². The van der Waals surface area contributed by atoms with Gasteiger partial charge in [0.25, 0.3) is 0 Å². The van der Waals surface area contributed by atoms with Crippen LogP contribution < -0.4 is 16.4 Å². The Balaban J connectivity index is 3.79. The van der Waals surface area contributed by atoms with E-state index in [1.165, 1.54) is 6.92 Å². The molecule has 17 heavy (non-hydrogen) atoms. The van der Waals surface area contributed by atoms with Crippen LogP contribution in [-0.4, -0.2) is 51.4 Å². The van der Waals surface area contributed by atoms with Crippen molar-refractivity contribution in [2.75, 3.05) is 25.1 Å². The van der Waals surface area contributed by atoms with Gasteiger partial charge in [-0.25, -0.2) is 8.42 Å². The monoisotopic (exact) mass is 265 g/mol. The molecule has 1 atom stereocenters. The fourth-order valence-corrected chi connectivity index (χ4v) is 1.71. The van der Waals surface area contributed by atoms with E-state index in [1.54, 1.807) is 0 Å². The Morgan fingerprint density at radius 3 is 2.24 bits per heavy atom. The summed E-state index contributed by atoms with van der Waals surface area (Å²) in [5, 5.41) is 5.01. The lowest BCUT2D eigenvalue weighted by Gasteiger charge is -2.11. The normalized spacial score (nSPS) is 12.9. The van der Waals surface area contributed by atoms with Gasteiger partial charge in [0.05, 0.1) is 11.8 Å². The van der Waals surface area contributed by atoms with E-state index in [-0.39, 0.29) is 24.6 Å². The summed E-state index contributed by atoms with van der Waals surface area (Å²) in [7, 11) is -3.11. The Bertz CT molecular complexity index is 366. The molecule has 0 saturated heterocycles. The fourth-order valence-electron chi connectivity index (χ4n) is 1.03. The zero-order valence-electron chi connectivity index (χ0n) is 10.0. The molecule has 0 bridgehead atoms. The van der Waals surface area contributed by atoms with Gasteiger partial charge in [-0.05, 0) is 6.42 Å². The SMILES string of the molecule is CC(=O)NCCNC(=O)C(N)CCS(C)(=O)=O. The lowest BCUT2D eigenvalue weighted by atomic mass is 10.2. The van der Waals surface area contributed by atoms with Crippen molar-refractivity contribution >= 4 is 21.7 Å². The highest BCUT2D eigenvalue weighted by Crippen LogP contribution is 1.93. The maximum Gasteiger partial charge on any atom is 0.237 e. The summed E-state index contributed by atoms with van der Waals surface area (Å²) < 4.78 is 21.7. The van der Waals surface area contributed by atoms with Crippen LogP contribution in [0.2, 0.25) is 0 Å². The van der Waals surface area contributed by atoms with Crippen LogP contribution in [0, 0.1) is 0 Å². The minimum absolute atomic E-state index is 0.0881. The molecule has 7 nitrogen and oxygen atoms in total. The molecule has 0 aromatic carbocycles. The number of hydrogen-bond acceptors (Lipinski definition) is 5. The van der Waals surface area contributed by atoms with Crippen LogP contribution in [0.25, 0.3) is 0 Å². The molecule has 0 saturated carbocycles. The molecule has 0 rings (SSSR count). The zero-order valence-corrected chi connectivity index (χ0v) is 10.8. The van der Waals surface area contributed by atoms with E-state index in [0.717, 1.165) is 6.26 Å². The Kier molecular flexibility index (Phi) is 6.74. The predicted molar refractivity (Wildman–Crippen MR) is 64.0 cm³/mol. The van der Waals surface area contributed by atoms with Crippen LogP contribution >= 0.6 is 0 Å². The van der Waals surface area contributed by atoms with E-state index in [1.807, 2.05) is 0 Å². The maximum atomic E-state index is 11.4. The lowest BCUT2D eigenvalue weighted by molar-refractivity contribution is -0.123. The third-order valence-electron chi connectivity index (χ3n) is 1.93. The van der Waals surface area contributed by atoms with E-state index in [4.69, 9.17) is 5.73 Å². The van der Waals surface area contributed by atoms with Crippen LogP contribution in [0.1, 0.15) is 13.3 Å². The third-order valence-corrected chi connectivity index (χ3v) is 2.91. The van der Waals surface area contributed by atoms with Gasteiger partial charge in [0, 0.05) is 26.3 Å². The van der Waals surface area contributed by atoms with Crippen molar-refractivity contribution in [2.24, 2.45) is 5.73 Å². The van der Waals surface area contributed by atoms with E-state index in [0.29, 0.717) is 6.54 Å². The van der Waals surface area contributed by atoms with Gasteiger partial charge in [0.2, 0.25) is 11.8 Å². The van der Waals surface area contributed by atoms with Crippen LogP contribution in [0.3, 0.4) is 0 Å². The average molecular weight is 265 g/mol. The minimum Gasteiger partial charge on any atom is -0.355 e. The molecule has 0 fully saturated rings. The zero-order chi connectivity index (χ0) is 13.5. The maximum absolute atomic E-state index is 11.4. The van der Waals surface area contributed by atoms with Crippen LogP contribution in [0.4, 0.5) is 0 Å². The van der Waals surface area contributed by atoms with Gasteiger partial charge in [0.15, 0.2) is 0 Å². The van der Waals surface area contributed by atoms with Crippen LogP contribution in [-0.2, 0) is 19.4 Å². The summed E-state index contributed by atoms with van der Waals surface area (Å²) >= 11 is 0. The summed E-state index contributed by atoms with van der Waals surface area (Å²) in [5.74, 6) is -0.715. The van der Waals surface area contributed by atoms with Crippen molar-refractivity contribution in [2.45, 2.75) is 19.4 Å². The average Bonchev–Trinajstić information content (AvgIpc) is 2.19. The molecular weight excluding hydrogens is 246 g/mol. The highest BCUT2D eigenvalue weighted by atomic mass is 32.2. The molecule has 0 aromatic rings. The van der Waals surface area contributed by atoms with Crippen LogP contribution in [0.5, 0.6) is 0 Å². The van der Waals surface area contributed by atoms with Crippen molar-refractivity contribution < 1.29 is 18.0 Å². The van der Waals surface area contributed by atoms with Gasteiger partial charge in [0.1, 0.15) is 9.84 Å². The molecule has 0 aromatic heterocycles. The number of nitrogens with one attached hydrogen (secondary N) is 2. The molecule has 4 N–H and O–H groups in total. The molecule has 2 amide bonds. The molecule has 1 unspecified atom stereocenters. The molecule has 8 heteroatoms. The van der Waals surface area contributed by atoms with Gasteiger partial charge < -0.3 is 16.4 Å². The van der Waals surface area contributed by atoms with E-state index in [9.17, 15) is 18.0 Å². The first-order valence-corrected chi connectivity index (χ1v) is 7.24. The Morgan fingerprint density at radius 2 is 1.76 bits per heavy atom. The first kappa shape index (κ1) is 15.9. The topological polar surface area (TPSA) is 118 Å². The van der Waals surface area contributed by atoms with Gasteiger partial charge in [-0.15, -0.1) is 0 Å². The minimum atomic E-state index is -3.11. The number of hydrogen-bond donors (Lipinski definition) is 3. The molecule has 0 aliphatic carbocycles. The summed E-state index contributed by atoms with van der Waals surface area (Å²) in [6, 6.07) is -0.845. The lowest BCUT2D eigenvalue weighted by Crippen LogP contribution is -2.44. The summed E-state index contributed by atoms with van der Waals surface area (Å²) in [6.07, 6.45) is 1.18. The molecule has 0 heterocycles. The third kappa shape index (κ3) is 9.76. The Hall–Kier alpha value is -1.15. The van der Waals surface area contributed by atoms with Crippen molar-refractivity contribution in [3.05, 3.63) is 0 Å². The molecular formula is C9H19N3O4S. The molecule has 100 valence electrons. The quantitative estimate of drug-likeness (QED) is 0.460. The van der Waals surface area contributed by atoms with Crippen LogP contribution in [0.15, 0.2) is 0 Å². The predicted octanol–water partition coefficient (Wildman–Crippen LogP) is -2.00.